The zero-order valence-corrected chi connectivity index (χ0v) is 14.1. The summed E-state index contributed by atoms with van der Waals surface area (Å²) in [6.45, 7) is 0.308. The molecule has 2 aromatic heterocycles. The molecule has 2 heterocycles. The minimum atomic E-state index is -0.301. The van der Waals surface area contributed by atoms with Gasteiger partial charge in [0.2, 0.25) is 0 Å². The summed E-state index contributed by atoms with van der Waals surface area (Å²) in [6.07, 6.45) is 1.28. The number of ether oxygens (including phenoxy) is 2. The van der Waals surface area contributed by atoms with E-state index in [1.54, 1.807) is 20.3 Å². The number of hydrogen-bond donors (Lipinski definition) is 1. The highest BCUT2D eigenvalue weighted by Gasteiger charge is 2.19. The van der Waals surface area contributed by atoms with Gasteiger partial charge in [0.05, 0.1) is 19.1 Å². The van der Waals surface area contributed by atoms with Gasteiger partial charge in [-0.15, -0.1) is 11.3 Å². The fraction of sp³-hybridized carbons (Fsp3) is 0.176. The number of amides is 1. The lowest BCUT2D eigenvalue weighted by Crippen LogP contribution is -2.23. The van der Waals surface area contributed by atoms with Crippen molar-refractivity contribution >= 4 is 17.2 Å². The highest BCUT2D eigenvalue weighted by atomic mass is 32.1. The van der Waals surface area contributed by atoms with Crippen LogP contribution in [0, 0.1) is 0 Å². The Kier molecular flexibility index (Phi) is 4.81. The maximum Gasteiger partial charge on any atom is 0.274 e. The standard InChI is InChI=1S/C17H16N2O4S/c1-21-12-6-5-11(13(8-12)22-2)9-18-17(20)15-16(23-10-19-15)14-4-3-7-24-14/h3-8,10H,9H2,1-2H3,(H,18,20). The van der Waals surface area contributed by atoms with E-state index in [0.29, 0.717) is 23.8 Å². The zero-order valence-electron chi connectivity index (χ0n) is 13.2. The van der Waals surface area contributed by atoms with Gasteiger partial charge in [0.25, 0.3) is 5.91 Å². The predicted molar refractivity (Wildman–Crippen MR) is 90.5 cm³/mol. The monoisotopic (exact) mass is 344 g/mol. The Labute approximate surface area is 143 Å². The number of methoxy groups -OCH3 is 2. The molecule has 0 aliphatic rings. The highest BCUT2D eigenvalue weighted by molar-refractivity contribution is 7.13. The first-order valence-electron chi connectivity index (χ1n) is 7.19. The molecule has 1 aromatic carbocycles. The minimum absolute atomic E-state index is 0.268. The van der Waals surface area contributed by atoms with Gasteiger partial charge in [-0.25, -0.2) is 4.98 Å². The van der Waals surface area contributed by atoms with E-state index in [0.717, 1.165) is 10.4 Å². The molecule has 0 spiro atoms. The van der Waals surface area contributed by atoms with Crippen LogP contribution in [0.1, 0.15) is 16.1 Å². The Balaban J connectivity index is 1.74. The summed E-state index contributed by atoms with van der Waals surface area (Å²) in [5.41, 5.74) is 1.11. The van der Waals surface area contributed by atoms with Crippen molar-refractivity contribution in [1.29, 1.82) is 0 Å². The van der Waals surface area contributed by atoms with E-state index in [2.05, 4.69) is 10.3 Å². The Morgan fingerprint density at radius 1 is 1.29 bits per heavy atom. The van der Waals surface area contributed by atoms with Crippen molar-refractivity contribution in [3.8, 4) is 22.1 Å². The van der Waals surface area contributed by atoms with Gasteiger partial charge in [-0.2, -0.15) is 0 Å². The predicted octanol–water partition coefficient (Wildman–Crippen LogP) is 3.35. The molecule has 0 unspecified atom stereocenters. The van der Waals surface area contributed by atoms with E-state index < -0.39 is 0 Å². The molecule has 1 amide bonds. The summed E-state index contributed by atoms with van der Waals surface area (Å²) in [7, 11) is 3.17. The summed E-state index contributed by atoms with van der Waals surface area (Å²) < 4.78 is 15.8. The molecule has 0 radical (unpaired) electrons. The Hall–Kier alpha value is -2.80. The lowest BCUT2D eigenvalue weighted by molar-refractivity contribution is 0.0946. The van der Waals surface area contributed by atoms with Crippen LogP contribution < -0.4 is 14.8 Å². The van der Waals surface area contributed by atoms with Crippen LogP contribution in [0.3, 0.4) is 0 Å². The van der Waals surface area contributed by atoms with Crippen molar-refractivity contribution in [1.82, 2.24) is 10.3 Å². The SMILES string of the molecule is COc1ccc(CNC(=O)c2ncoc2-c2cccs2)c(OC)c1. The van der Waals surface area contributed by atoms with Crippen molar-refractivity contribution < 1.29 is 18.7 Å². The molecule has 0 saturated heterocycles. The number of benzene rings is 1. The smallest absolute Gasteiger partial charge is 0.274 e. The van der Waals surface area contributed by atoms with Crippen LogP contribution in [0.15, 0.2) is 46.5 Å². The van der Waals surface area contributed by atoms with Crippen LogP contribution in [0.5, 0.6) is 11.5 Å². The molecule has 0 aliphatic heterocycles. The number of aromatic nitrogens is 1. The highest BCUT2D eigenvalue weighted by Crippen LogP contribution is 2.28. The molecule has 24 heavy (non-hydrogen) atoms. The third-order valence-electron chi connectivity index (χ3n) is 3.46. The number of oxazole rings is 1. The molecule has 0 atom stereocenters. The number of nitrogens with zero attached hydrogens (tertiary/aromatic N) is 1. The first-order chi connectivity index (χ1) is 11.7. The van der Waals surface area contributed by atoms with Gasteiger partial charge in [-0.3, -0.25) is 4.79 Å². The summed E-state index contributed by atoms with van der Waals surface area (Å²) in [6, 6.07) is 9.22. The number of thiophene rings is 1. The fourth-order valence-electron chi connectivity index (χ4n) is 2.25. The maximum absolute atomic E-state index is 12.4. The molecule has 124 valence electrons. The first-order valence-corrected chi connectivity index (χ1v) is 8.07. The molecule has 0 saturated carbocycles. The van der Waals surface area contributed by atoms with Crippen molar-refractivity contribution in [2.75, 3.05) is 14.2 Å². The molecule has 3 aromatic rings. The molecule has 1 N–H and O–H groups in total. The van der Waals surface area contributed by atoms with Crippen LogP contribution in [-0.4, -0.2) is 25.1 Å². The largest absolute Gasteiger partial charge is 0.497 e. The average Bonchev–Trinajstić information content (AvgIpc) is 3.30. The molecular formula is C17H16N2O4S. The summed E-state index contributed by atoms with van der Waals surface area (Å²) in [5.74, 6) is 1.51. The van der Waals surface area contributed by atoms with Crippen molar-refractivity contribution in [2.24, 2.45) is 0 Å². The van der Waals surface area contributed by atoms with E-state index in [1.165, 1.54) is 17.7 Å². The number of carbonyl (C=O) groups is 1. The molecular weight excluding hydrogens is 328 g/mol. The van der Waals surface area contributed by atoms with E-state index in [4.69, 9.17) is 13.9 Å². The Bertz CT molecular complexity index is 827. The molecule has 3 rings (SSSR count). The van der Waals surface area contributed by atoms with Crippen molar-refractivity contribution in [2.45, 2.75) is 6.54 Å². The van der Waals surface area contributed by atoms with Crippen LogP contribution in [0.25, 0.3) is 10.6 Å². The lowest BCUT2D eigenvalue weighted by Gasteiger charge is -2.11. The number of nitrogens with one attached hydrogen (secondary N) is 1. The van der Waals surface area contributed by atoms with Crippen LogP contribution in [0.4, 0.5) is 0 Å². The van der Waals surface area contributed by atoms with Crippen molar-refractivity contribution in [3.63, 3.8) is 0 Å². The second-order valence-electron chi connectivity index (χ2n) is 4.87. The normalized spacial score (nSPS) is 10.4. The third kappa shape index (κ3) is 3.26. The second-order valence-corrected chi connectivity index (χ2v) is 5.82. The summed E-state index contributed by atoms with van der Waals surface area (Å²) in [5, 5.41) is 4.76. The third-order valence-corrected chi connectivity index (χ3v) is 4.33. The van der Waals surface area contributed by atoms with Gasteiger partial charge < -0.3 is 19.2 Å². The minimum Gasteiger partial charge on any atom is -0.497 e. The quantitative estimate of drug-likeness (QED) is 0.742. The van der Waals surface area contributed by atoms with Gasteiger partial charge in [-0.1, -0.05) is 6.07 Å². The number of rotatable bonds is 6. The van der Waals surface area contributed by atoms with Gasteiger partial charge in [0.15, 0.2) is 17.8 Å². The maximum atomic E-state index is 12.4. The van der Waals surface area contributed by atoms with Gasteiger partial charge in [-0.05, 0) is 23.6 Å². The Morgan fingerprint density at radius 3 is 2.88 bits per heavy atom. The van der Waals surface area contributed by atoms with Gasteiger partial charge in [0.1, 0.15) is 11.5 Å². The second kappa shape index (κ2) is 7.18. The summed E-state index contributed by atoms with van der Waals surface area (Å²) in [4.78, 5) is 17.3. The van der Waals surface area contributed by atoms with Gasteiger partial charge in [0, 0.05) is 18.2 Å². The average molecular weight is 344 g/mol. The molecule has 7 heteroatoms. The number of carbonyl (C=O) groups excluding carboxylic acids is 1. The topological polar surface area (TPSA) is 73.6 Å². The van der Waals surface area contributed by atoms with E-state index in [9.17, 15) is 4.79 Å². The molecule has 0 bridgehead atoms. The van der Waals surface area contributed by atoms with Crippen LogP contribution >= 0.6 is 11.3 Å². The molecule has 6 nitrogen and oxygen atoms in total. The van der Waals surface area contributed by atoms with E-state index in [1.807, 2.05) is 29.6 Å². The Morgan fingerprint density at radius 2 is 2.17 bits per heavy atom. The van der Waals surface area contributed by atoms with Crippen LogP contribution in [-0.2, 0) is 6.54 Å². The van der Waals surface area contributed by atoms with E-state index >= 15 is 0 Å². The molecule has 0 aliphatic carbocycles. The number of hydrogen-bond acceptors (Lipinski definition) is 6. The zero-order chi connectivity index (χ0) is 16.9. The lowest BCUT2D eigenvalue weighted by atomic mass is 10.2. The van der Waals surface area contributed by atoms with Crippen LogP contribution in [0.2, 0.25) is 0 Å². The summed E-state index contributed by atoms with van der Waals surface area (Å²) >= 11 is 1.49. The molecule has 0 fully saturated rings. The first kappa shape index (κ1) is 16.1. The van der Waals surface area contributed by atoms with Gasteiger partial charge >= 0.3 is 0 Å². The van der Waals surface area contributed by atoms with E-state index in [-0.39, 0.29) is 11.6 Å². The van der Waals surface area contributed by atoms with Crippen molar-refractivity contribution in [3.05, 3.63) is 53.4 Å². The fourth-order valence-corrected chi connectivity index (χ4v) is 2.96.